The number of hydrogen-bond donors (Lipinski definition) is 2. The van der Waals surface area contributed by atoms with Crippen molar-refractivity contribution in [1.82, 2.24) is 10.2 Å². The number of anilines is 1. The standard InChI is InChI=1S/C26H24BrN3O4/c1-16(17-6-4-3-5-7-17)23(24(31)28-20-12-10-19(27)11-13-20)30-25(32)22(29-26(30)33)18-8-14-21(34-2)15-9-18/h3-16,22-23H,1-2H3,(H,28,31)(H,29,33)/t16-,22?,23-/m0/s1. The predicted molar refractivity (Wildman–Crippen MR) is 133 cm³/mol. The molecule has 0 aliphatic carbocycles. The Kier molecular flexibility index (Phi) is 6.98. The van der Waals surface area contributed by atoms with Crippen molar-refractivity contribution in [2.24, 2.45) is 0 Å². The van der Waals surface area contributed by atoms with Crippen molar-refractivity contribution in [1.29, 1.82) is 0 Å². The Bertz CT molecular complexity index is 1180. The van der Waals surface area contributed by atoms with Crippen molar-refractivity contribution < 1.29 is 19.1 Å². The van der Waals surface area contributed by atoms with Crippen molar-refractivity contribution >= 4 is 39.5 Å². The van der Waals surface area contributed by atoms with E-state index in [1.165, 1.54) is 0 Å². The summed E-state index contributed by atoms with van der Waals surface area (Å²) in [5, 5.41) is 5.59. The van der Waals surface area contributed by atoms with Gasteiger partial charge in [0.1, 0.15) is 17.8 Å². The summed E-state index contributed by atoms with van der Waals surface area (Å²) in [4.78, 5) is 41.1. The number of hydrogen-bond acceptors (Lipinski definition) is 4. The molecular weight excluding hydrogens is 498 g/mol. The number of benzene rings is 3. The first-order chi connectivity index (χ1) is 16.4. The van der Waals surface area contributed by atoms with Crippen LogP contribution in [0, 0.1) is 0 Å². The second-order valence-electron chi connectivity index (χ2n) is 8.00. The molecule has 2 N–H and O–H groups in total. The lowest BCUT2D eigenvalue weighted by atomic mass is 9.91. The van der Waals surface area contributed by atoms with Crippen LogP contribution in [0.25, 0.3) is 0 Å². The highest BCUT2D eigenvalue weighted by atomic mass is 79.9. The van der Waals surface area contributed by atoms with Gasteiger partial charge in [-0.05, 0) is 47.5 Å². The minimum absolute atomic E-state index is 0.444. The van der Waals surface area contributed by atoms with Gasteiger partial charge in [0.2, 0.25) is 5.91 Å². The molecule has 0 bridgehead atoms. The van der Waals surface area contributed by atoms with Gasteiger partial charge in [0.15, 0.2) is 0 Å². The highest BCUT2D eigenvalue weighted by molar-refractivity contribution is 9.10. The number of amides is 4. The largest absolute Gasteiger partial charge is 0.497 e. The lowest BCUT2D eigenvalue weighted by molar-refractivity contribution is -0.134. The number of imide groups is 1. The first-order valence-electron chi connectivity index (χ1n) is 10.8. The summed E-state index contributed by atoms with van der Waals surface area (Å²) >= 11 is 3.38. The molecule has 0 radical (unpaired) electrons. The molecule has 1 aliphatic rings. The molecule has 0 spiro atoms. The Balaban J connectivity index is 1.66. The normalized spacial score (nSPS) is 17.1. The van der Waals surface area contributed by atoms with E-state index in [4.69, 9.17) is 4.74 Å². The van der Waals surface area contributed by atoms with Gasteiger partial charge in [-0.15, -0.1) is 0 Å². The van der Waals surface area contributed by atoms with Gasteiger partial charge in [-0.3, -0.25) is 9.59 Å². The second kappa shape index (κ2) is 10.1. The fraction of sp³-hybridized carbons (Fsp3) is 0.192. The maximum Gasteiger partial charge on any atom is 0.325 e. The zero-order chi connectivity index (χ0) is 24.2. The molecule has 34 heavy (non-hydrogen) atoms. The Labute approximate surface area is 206 Å². The summed E-state index contributed by atoms with van der Waals surface area (Å²) in [6.45, 7) is 1.84. The van der Waals surface area contributed by atoms with E-state index in [-0.39, 0.29) is 0 Å². The number of nitrogens with zero attached hydrogens (tertiary/aromatic N) is 1. The van der Waals surface area contributed by atoms with Crippen molar-refractivity contribution in [3.63, 3.8) is 0 Å². The van der Waals surface area contributed by atoms with Gasteiger partial charge in [-0.1, -0.05) is 65.3 Å². The van der Waals surface area contributed by atoms with E-state index in [2.05, 4.69) is 26.6 Å². The minimum Gasteiger partial charge on any atom is -0.497 e. The van der Waals surface area contributed by atoms with Crippen LogP contribution in [0.4, 0.5) is 10.5 Å². The van der Waals surface area contributed by atoms with Gasteiger partial charge in [-0.25, -0.2) is 9.69 Å². The van der Waals surface area contributed by atoms with E-state index in [0.717, 1.165) is 14.9 Å². The maximum atomic E-state index is 13.5. The van der Waals surface area contributed by atoms with Gasteiger partial charge in [0.05, 0.1) is 7.11 Å². The van der Waals surface area contributed by atoms with E-state index < -0.39 is 35.8 Å². The number of methoxy groups -OCH3 is 1. The number of carbonyl (C=O) groups excluding carboxylic acids is 3. The fourth-order valence-electron chi connectivity index (χ4n) is 4.04. The van der Waals surface area contributed by atoms with Crippen LogP contribution in [0.1, 0.15) is 30.0 Å². The summed E-state index contributed by atoms with van der Waals surface area (Å²) in [7, 11) is 1.55. The summed E-state index contributed by atoms with van der Waals surface area (Å²) in [6, 6.07) is 20.8. The van der Waals surface area contributed by atoms with Crippen molar-refractivity contribution in [2.45, 2.75) is 24.9 Å². The Morgan fingerprint density at radius 2 is 1.65 bits per heavy atom. The van der Waals surface area contributed by atoms with Crippen molar-refractivity contribution in [3.05, 3.63) is 94.5 Å². The molecule has 4 rings (SSSR count). The number of halogens is 1. The van der Waals surface area contributed by atoms with E-state index in [9.17, 15) is 14.4 Å². The van der Waals surface area contributed by atoms with Crippen LogP contribution in [0.2, 0.25) is 0 Å². The highest BCUT2D eigenvalue weighted by Crippen LogP contribution is 2.31. The summed E-state index contributed by atoms with van der Waals surface area (Å²) in [6.07, 6.45) is 0. The minimum atomic E-state index is -1.05. The summed E-state index contributed by atoms with van der Waals surface area (Å²) in [5.74, 6) is -0.728. The number of ether oxygens (including phenoxy) is 1. The fourth-order valence-corrected chi connectivity index (χ4v) is 4.30. The summed E-state index contributed by atoms with van der Waals surface area (Å²) in [5.41, 5.74) is 2.02. The Hall–Kier alpha value is -3.65. The van der Waals surface area contributed by atoms with Crippen LogP contribution >= 0.6 is 15.9 Å². The lowest BCUT2D eigenvalue weighted by Gasteiger charge is -2.30. The highest BCUT2D eigenvalue weighted by Gasteiger charge is 2.47. The molecule has 1 heterocycles. The molecule has 3 aromatic carbocycles. The molecule has 0 aromatic heterocycles. The van der Waals surface area contributed by atoms with E-state index in [1.54, 1.807) is 55.6 Å². The molecule has 1 unspecified atom stereocenters. The van der Waals surface area contributed by atoms with Gasteiger partial charge in [0.25, 0.3) is 5.91 Å². The van der Waals surface area contributed by atoms with Crippen LogP contribution in [-0.2, 0) is 9.59 Å². The second-order valence-corrected chi connectivity index (χ2v) is 8.92. The first kappa shape index (κ1) is 23.5. The quantitative estimate of drug-likeness (QED) is 0.434. The van der Waals surface area contributed by atoms with Gasteiger partial charge in [-0.2, -0.15) is 0 Å². The SMILES string of the molecule is COc1ccc(C2NC(=O)N([C@H](C(=O)Nc3ccc(Br)cc3)[C@@H](C)c3ccccc3)C2=O)cc1. The van der Waals surface area contributed by atoms with Crippen molar-refractivity contribution in [2.75, 3.05) is 12.4 Å². The van der Waals surface area contributed by atoms with Crippen molar-refractivity contribution in [3.8, 4) is 5.75 Å². The number of rotatable bonds is 7. The van der Waals surface area contributed by atoms with E-state index >= 15 is 0 Å². The monoisotopic (exact) mass is 521 g/mol. The molecule has 1 saturated heterocycles. The van der Waals surface area contributed by atoms with Crippen LogP contribution in [0.15, 0.2) is 83.3 Å². The lowest BCUT2D eigenvalue weighted by Crippen LogP contribution is -2.50. The molecule has 3 aromatic rings. The molecule has 7 nitrogen and oxygen atoms in total. The van der Waals surface area contributed by atoms with Gasteiger partial charge >= 0.3 is 6.03 Å². The molecule has 0 saturated carbocycles. The first-order valence-corrected chi connectivity index (χ1v) is 11.6. The third kappa shape index (κ3) is 4.82. The van der Waals surface area contributed by atoms with E-state index in [0.29, 0.717) is 17.0 Å². The van der Waals surface area contributed by atoms with Crippen LogP contribution < -0.4 is 15.4 Å². The molecule has 174 valence electrons. The zero-order valence-electron chi connectivity index (χ0n) is 18.7. The average molecular weight is 522 g/mol. The molecular formula is C26H24BrN3O4. The van der Waals surface area contributed by atoms with Gasteiger partial charge in [0, 0.05) is 16.1 Å². The molecule has 1 aliphatic heterocycles. The van der Waals surface area contributed by atoms with Gasteiger partial charge < -0.3 is 15.4 Å². The van der Waals surface area contributed by atoms with E-state index in [1.807, 2.05) is 37.3 Å². The van der Waals surface area contributed by atoms with Crippen LogP contribution in [0.3, 0.4) is 0 Å². The predicted octanol–water partition coefficient (Wildman–Crippen LogP) is 4.86. The topological polar surface area (TPSA) is 87.7 Å². The van der Waals surface area contributed by atoms with Crippen LogP contribution in [-0.4, -0.2) is 35.9 Å². The molecule has 3 atom stereocenters. The molecule has 4 amide bonds. The Morgan fingerprint density at radius 3 is 2.26 bits per heavy atom. The summed E-state index contributed by atoms with van der Waals surface area (Å²) < 4.78 is 6.05. The number of nitrogens with one attached hydrogen (secondary N) is 2. The zero-order valence-corrected chi connectivity index (χ0v) is 20.3. The third-order valence-corrected chi connectivity index (χ3v) is 6.41. The maximum absolute atomic E-state index is 13.5. The van der Waals surface area contributed by atoms with Crippen LogP contribution in [0.5, 0.6) is 5.75 Å². The molecule has 1 fully saturated rings. The molecule has 8 heteroatoms. The third-order valence-electron chi connectivity index (χ3n) is 5.88. The number of urea groups is 1. The average Bonchev–Trinajstić information content (AvgIpc) is 3.15. The number of carbonyl (C=O) groups is 3. The Morgan fingerprint density at radius 1 is 1.00 bits per heavy atom. The smallest absolute Gasteiger partial charge is 0.325 e.